The SMILES string of the molecule is CCC1=C([Si](C)(C)C2=C(CC)C[C-]=C2C)C(C)=[C-]C1.[Cl-].[Cl-].[Ti+4]. The summed E-state index contributed by atoms with van der Waals surface area (Å²) < 4.78 is 0. The summed E-state index contributed by atoms with van der Waals surface area (Å²) in [4.78, 5) is 0. The van der Waals surface area contributed by atoms with E-state index >= 15 is 0 Å². The Morgan fingerprint density at radius 2 is 1.14 bits per heavy atom. The van der Waals surface area contributed by atoms with E-state index in [1.807, 2.05) is 0 Å². The van der Waals surface area contributed by atoms with Crippen LogP contribution in [0.1, 0.15) is 53.4 Å². The number of rotatable bonds is 4. The summed E-state index contributed by atoms with van der Waals surface area (Å²) in [5.74, 6) is 0. The van der Waals surface area contributed by atoms with Crippen LogP contribution < -0.4 is 24.8 Å². The zero-order valence-electron chi connectivity index (χ0n) is 14.6. The standard InChI is InChI=1S/C18H26Si.2ClH.Ti/c1-7-15-11-9-13(3)17(15)19(5,6)18-14(4)10-12-16(18)8-2;;;/h7-8,11-12H2,1-6H3;2*1H;/q-2;;;+4/p-2. The van der Waals surface area contributed by atoms with Gasteiger partial charge in [0.15, 0.2) is 0 Å². The van der Waals surface area contributed by atoms with E-state index in [4.69, 9.17) is 0 Å². The van der Waals surface area contributed by atoms with Crippen molar-refractivity contribution >= 4 is 8.07 Å². The molecule has 0 unspecified atom stereocenters. The molecule has 0 saturated heterocycles. The van der Waals surface area contributed by atoms with Gasteiger partial charge in [-0.2, -0.15) is 11.1 Å². The molecule has 2 aliphatic carbocycles. The van der Waals surface area contributed by atoms with Crippen molar-refractivity contribution in [2.75, 3.05) is 0 Å². The van der Waals surface area contributed by atoms with E-state index in [-0.39, 0.29) is 46.5 Å². The Morgan fingerprint density at radius 1 is 0.818 bits per heavy atom. The van der Waals surface area contributed by atoms with Crippen LogP contribution in [0.5, 0.6) is 0 Å². The van der Waals surface area contributed by atoms with E-state index in [0.717, 1.165) is 12.8 Å². The minimum absolute atomic E-state index is 0. The van der Waals surface area contributed by atoms with Crippen molar-refractivity contribution in [3.05, 3.63) is 44.8 Å². The number of allylic oxidation sites excluding steroid dienone is 8. The smallest absolute Gasteiger partial charge is 1.00 e. The molecule has 0 spiro atoms. The van der Waals surface area contributed by atoms with Crippen LogP contribution in [0.2, 0.25) is 13.1 Å². The second kappa shape index (κ2) is 9.69. The zero-order valence-corrected chi connectivity index (χ0v) is 18.7. The Balaban J connectivity index is 0. The van der Waals surface area contributed by atoms with Crippen molar-refractivity contribution in [1.82, 2.24) is 0 Å². The van der Waals surface area contributed by atoms with Gasteiger partial charge in [0.1, 0.15) is 0 Å². The first-order valence-electron chi connectivity index (χ1n) is 7.54. The third-order valence-corrected chi connectivity index (χ3v) is 8.65. The van der Waals surface area contributed by atoms with Gasteiger partial charge in [-0.25, -0.2) is 21.5 Å². The fraction of sp³-hybridized carbons (Fsp3) is 0.556. The van der Waals surface area contributed by atoms with Gasteiger partial charge in [-0.3, -0.25) is 12.2 Å². The van der Waals surface area contributed by atoms with Crippen LogP contribution in [0.15, 0.2) is 32.7 Å². The maximum atomic E-state index is 3.57. The fourth-order valence-corrected chi connectivity index (χ4v) is 8.51. The Hall–Kier alpha value is 0.471. The van der Waals surface area contributed by atoms with Gasteiger partial charge in [0.2, 0.25) is 0 Å². The molecule has 0 nitrogen and oxygen atoms in total. The second-order valence-corrected chi connectivity index (χ2v) is 10.5. The summed E-state index contributed by atoms with van der Waals surface area (Å²) in [5.41, 5.74) is 6.13. The first kappa shape index (κ1) is 24.7. The van der Waals surface area contributed by atoms with E-state index in [2.05, 4.69) is 52.9 Å². The van der Waals surface area contributed by atoms with Crippen LogP contribution in [0.4, 0.5) is 0 Å². The van der Waals surface area contributed by atoms with E-state index in [9.17, 15) is 0 Å². The maximum absolute atomic E-state index is 3.57. The van der Waals surface area contributed by atoms with Crippen LogP contribution in [0.25, 0.3) is 0 Å². The molecule has 0 amide bonds. The fourth-order valence-electron chi connectivity index (χ4n) is 3.91. The third kappa shape index (κ3) is 4.30. The molecular weight excluding hydrogens is 363 g/mol. The summed E-state index contributed by atoms with van der Waals surface area (Å²) in [6.07, 6.45) is 11.6. The quantitative estimate of drug-likeness (QED) is 0.449. The van der Waals surface area contributed by atoms with E-state index in [0.29, 0.717) is 0 Å². The molecule has 2 rings (SSSR count). The van der Waals surface area contributed by atoms with Gasteiger partial charge in [0.05, 0.1) is 0 Å². The van der Waals surface area contributed by atoms with E-state index in [1.165, 1.54) is 24.0 Å². The molecule has 22 heavy (non-hydrogen) atoms. The maximum Gasteiger partial charge on any atom is 4.00 e. The molecule has 0 N–H and O–H groups in total. The Kier molecular flexibility index (Phi) is 10.9. The van der Waals surface area contributed by atoms with Crippen molar-refractivity contribution in [3.8, 4) is 0 Å². The molecule has 0 aromatic heterocycles. The van der Waals surface area contributed by atoms with E-state index < -0.39 is 8.07 Å². The minimum atomic E-state index is -1.57. The first-order valence-corrected chi connectivity index (χ1v) is 10.5. The molecule has 0 atom stereocenters. The molecule has 0 aliphatic heterocycles. The monoisotopic (exact) mass is 388 g/mol. The predicted octanol–water partition coefficient (Wildman–Crippen LogP) is -0.502. The molecular formula is C18H26Cl2SiTi. The largest absolute Gasteiger partial charge is 4.00 e. The second-order valence-electron chi connectivity index (χ2n) is 6.25. The van der Waals surface area contributed by atoms with E-state index in [1.54, 1.807) is 21.5 Å². The molecule has 120 valence electrons. The molecule has 0 saturated carbocycles. The van der Waals surface area contributed by atoms with Gasteiger partial charge >= 0.3 is 21.7 Å². The summed E-state index contributed by atoms with van der Waals surface area (Å²) in [7, 11) is -1.57. The van der Waals surface area contributed by atoms with Crippen molar-refractivity contribution in [2.24, 2.45) is 0 Å². The number of hydrogen-bond acceptors (Lipinski definition) is 0. The van der Waals surface area contributed by atoms with Crippen molar-refractivity contribution in [2.45, 2.75) is 66.5 Å². The van der Waals surface area contributed by atoms with Crippen molar-refractivity contribution in [1.29, 1.82) is 0 Å². The summed E-state index contributed by atoms with van der Waals surface area (Å²) in [6.45, 7) is 14.1. The molecule has 0 fully saturated rings. The zero-order chi connectivity index (χ0) is 14.2. The summed E-state index contributed by atoms with van der Waals surface area (Å²) in [6, 6.07) is 0. The van der Waals surface area contributed by atoms with Gasteiger partial charge in [0, 0.05) is 0 Å². The Morgan fingerprint density at radius 3 is 1.41 bits per heavy atom. The topological polar surface area (TPSA) is 0 Å². The van der Waals surface area contributed by atoms with Crippen molar-refractivity contribution in [3.63, 3.8) is 0 Å². The molecule has 4 heteroatoms. The Labute approximate surface area is 165 Å². The molecule has 0 heterocycles. The van der Waals surface area contributed by atoms with Crippen molar-refractivity contribution < 1.29 is 46.5 Å². The molecule has 0 aromatic rings. The Bertz CT molecular complexity index is 479. The van der Waals surface area contributed by atoms with Gasteiger partial charge in [-0.05, 0) is 0 Å². The molecule has 0 radical (unpaired) electrons. The average Bonchev–Trinajstić information content (AvgIpc) is 2.92. The first-order chi connectivity index (χ1) is 8.93. The number of halogens is 2. The van der Waals surface area contributed by atoms with Gasteiger partial charge < -0.3 is 24.8 Å². The molecule has 0 bridgehead atoms. The van der Waals surface area contributed by atoms with Crippen LogP contribution in [-0.2, 0) is 21.7 Å². The molecule has 2 aliphatic rings. The van der Waals surface area contributed by atoms with Crippen LogP contribution >= 0.6 is 0 Å². The normalized spacial score (nSPS) is 17.5. The van der Waals surface area contributed by atoms with Crippen LogP contribution in [-0.4, -0.2) is 8.07 Å². The van der Waals surface area contributed by atoms with Gasteiger partial charge in [-0.15, -0.1) is 12.8 Å². The third-order valence-electron chi connectivity index (χ3n) is 4.69. The molecule has 0 aromatic carbocycles. The van der Waals surface area contributed by atoms with Gasteiger partial charge in [-0.1, -0.05) is 61.7 Å². The van der Waals surface area contributed by atoms with Gasteiger partial charge in [0.25, 0.3) is 0 Å². The minimum Gasteiger partial charge on any atom is -1.00 e. The average molecular weight is 389 g/mol. The number of hydrogen-bond donors (Lipinski definition) is 0. The van der Waals surface area contributed by atoms with Crippen LogP contribution in [0.3, 0.4) is 0 Å². The summed E-state index contributed by atoms with van der Waals surface area (Å²) in [5, 5.41) is 3.36. The predicted molar refractivity (Wildman–Crippen MR) is 86.2 cm³/mol. The van der Waals surface area contributed by atoms with Crippen LogP contribution in [0, 0.1) is 12.2 Å². The summed E-state index contributed by atoms with van der Waals surface area (Å²) >= 11 is 0.